The molecule has 0 spiro atoms. The van der Waals surface area contributed by atoms with Crippen LogP contribution < -0.4 is 5.73 Å². The van der Waals surface area contributed by atoms with E-state index < -0.39 is 0 Å². The molecule has 1 heterocycles. The zero-order valence-electron chi connectivity index (χ0n) is 11.9. The lowest BCUT2D eigenvalue weighted by Crippen LogP contribution is -2.05. The average Bonchev–Trinajstić information content (AvgIpc) is 2.96. The number of halogens is 1. The van der Waals surface area contributed by atoms with E-state index in [-0.39, 0.29) is 0 Å². The molecular formula is C16H20ClN3. The summed E-state index contributed by atoms with van der Waals surface area (Å²) in [5, 5.41) is 5.43. The number of hydrogen-bond donors (Lipinski definition) is 1. The van der Waals surface area contributed by atoms with Crippen molar-refractivity contribution < 1.29 is 0 Å². The Hall–Kier alpha value is -1.48. The van der Waals surface area contributed by atoms with Crippen LogP contribution in [0.5, 0.6) is 0 Å². The van der Waals surface area contributed by atoms with Crippen molar-refractivity contribution in [3.05, 3.63) is 35.0 Å². The molecule has 1 aliphatic carbocycles. The number of rotatable bonds is 2. The number of benzene rings is 1. The van der Waals surface area contributed by atoms with Crippen molar-refractivity contribution in [2.75, 3.05) is 5.73 Å². The van der Waals surface area contributed by atoms with Gasteiger partial charge in [-0.25, -0.2) is 0 Å². The van der Waals surface area contributed by atoms with E-state index in [0.717, 1.165) is 21.8 Å². The fourth-order valence-corrected chi connectivity index (χ4v) is 3.54. The van der Waals surface area contributed by atoms with Gasteiger partial charge in [-0.05, 0) is 18.4 Å². The molecule has 0 bridgehead atoms. The molecule has 4 heteroatoms. The summed E-state index contributed by atoms with van der Waals surface area (Å²) in [5.41, 5.74) is 9.39. The van der Waals surface area contributed by atoms with E-state index in [4.69, 9.17) is 22.4 Å². The quantitative estimate of drug-likeness (QED) is 0.899. The monoisotopic (exact) mass is 289 g/mol. The Morgan fingerprint density at radius 3 is 2.70 bits per heavy atom. The van der Waals surface area contributed by atoms with Gasteiger partial charge in [0, 0.05) is 29.1 Å². The molecule has 0 amide bonds. The number of aromatic nitrogens is 2. The Bertz CT molecular complexity index is 633. The topological polar surface area (TPSA) is 43.8 Å². The predicted octanol–water partition coefficient (Wildman–Crippen LogP) is 4.23. The first-order valence-electron chi connectivity index (χ1n) is 7.17. The van der Waals surface area contributed by atoms with Gasteiger partial charge in [-0.2, -0.15) is 5.10 Å². The maximum atomic E-state index is 6.36. The summed E-state index contributed by atoms with van der Waals surface area (Å²) in [6.45, 7) is 2.30. The molecule has 1 aromatic carbocycles. The molecule has 2 N–H and O–H groups in total. The Morgan fingerprint density at radius 1 is 1.30 bits per heavy atom. The van der Waals surface area contributed by atoms with Crippen molar-refractivity contribution in [1.82, 2.24) is 9.78 Å². The molecule has 1 saturated carbocycles. The Morgan fingerprint density at radius 2 is 2.05 bits per heavy atom. The largest absolute Gasteiger partial charge is 0.383 e. The summed E-state index contributed by atoms with van der Waals surface area (Å²) in [5.74, 6) is 1.85. The lowest BCUT2D eigenvalue weighted by molar-refractivity contribution is 0.516. The maximum Gasteiger partial charge on any atom is 0.129 e. The van der Waals surface area contributed by atoms with Crippen molar-refractivity contribution in [2.24, 2.45) is 13.0 Å². The lowest BCUT2D eigenvalue weighted by atomic mass is 9.90. The molecule has 2 unspecified atom stereocenters. The number of hydrogen-bond acceptors (Lipinski definition) is 2. The predicted molar refractivity (Wildman–Crippen MR) is 83.8 cm³/mol. The van der Waals surface area contributed by atoms with Crippen molar-refractivity contribution in [3.63, 3.8) is 0 Å². The maximum absolute atomic E-state index is 6.36. The van der Waals surface area contributed by atoms with Crippen molar-refractivity contribution >= 4 is 17.4 Å². The zero-order chi connectivity index (χ0) is 14.3. The minimum absolute atomic E-state index is 0.491. The van der Waals surface area contributed by atoms with Gasteiger partial charge in [-0.1, -0.05) is 49.6 Å². The molecule has 106 valence electrons. The standard InChI is InChI=1S/C16H20ClN3/c1-10-6-5-8-11(10)15-14(16(18)20(2)19-15)12-7-3-4-9-13(12)17/h3-4,7,9-11H,5-6,8,18H2,1-2H3. The van der Waals surface area contributed by atoms with Crippen molar-refractivity contribution in [3.8, 4) is 11.1 Å². The highest BCUT2D eigenvalue weighted by Crippen LogP contribution is 2.45. The van der Waals surface area contributed by atoms with Gasteiger partial charge in [-0.3, -0.25) is 4.68 Å². The summed E-state index contributed by atoms with van der Waals surface area (Å²) in [6.07, 6.45) is 3.72. The zero-order valence-corrected chi connectivity index (χ0v) is 12.7. The van der Waals surface area contributed by atoms with Crippen LogP contribution in [-0.2, 0) is 7.05 Å². The molecule has 0 aliphatic heterocycles. The van der Waals surface area contributed by atoms with Gasteiger partial charge in [-0.15, -0.1) is 0 Å². The van der Waals surface area contributed by atoms with E-state index in [0.29, 0.717) is 17.7 Å². The number of nitrogens with zero attached hydrogens (tertiary/aromatic N) is 2. The second-order valence-electron chi connectivity index (χ2n) is 5.76. The molecule has 2 atom stereocenters. The van der Waals surface area contributed by atoms with Crippen molar-refractivity contribution in [1.29, 1.82) is 0 Å². The van der Waals surface area contributed by atoms with E-state index in [9.17, 15) is 0 Å². The SMILES string of the molecule is CC1CCCC1c1nn(C)c(N)c1-c1ccccc1Cl. The Labute approximate surface area is 124 Å². The molecule has 1 aromatic heterocycles. The van der Waals surface area contributed by atoms with E-state index in [1.165, 1.54) is 19.3 Å². The second kappa shape index (κ2) is 5.13. The molecule has 0 saturated heterocycles. The van der Waals surface area contributed by atoms with Gasteiger partial charge >= 0.3 is 0 Å². The van der Waals surface area contributed by atoms with E-state index in [1.807, 2.05) is 31.3 Å². The minimum atomic E-state index is 0.491. The Balaban J connectivity index is 2.17. The third-order valence-electron chi connectivity index (χ3n) is 4.47. The van der Waals surface area contributed by atoms with Crippen LogP contribution in [0.15, 0.2) is 24.3 Å². The molecule has 3 nitrogen and oxygen atoms in total. The van der Waals surface area contributed by atoms with E-state index >= 15 is 0 Å². The first kappa shape index (κ1) is 13.5. The third kappa shape index (κ3) is 2.10. The smallest absolute Gasteiger partial charge is 0.129 e. The lowest BCUT2D eigenvalue weighted by Gasteiger charge is -2.15. The molecular weight excluding hydrogens is 270 g/mol. The van der Waals surface area contributed by atoms with Gasteiger partial charge in [0.05, 0.1) is 5.69 Å². The molecule has 20 heavy (non-hydrogen) atoms. The minimum Gasteiger partial charge on any atom is -0.383 e. The first-order valence-corrected chi connectivity index (χ1v) is 7.54. The normalized spacial score (nSPS) is 22.4. The summed E-state index contributed by atoms with van der Waals surface area (Å²) in [7, 11) is 1.90. The second-order valence-corrected chi connectivity index (χ2v) is 6.17. The molecule has 3 rings (SSSR count). The van der Waals surface area contributed by atoms with Gasteiger partial charge in [0.15, 0.2) is 0 Å². The van der Waals surface area contributed by atoms with Gasteiger partial charge in [0.2, 0.25) is 0 Å². The van der Waals surface area contributed by atoms with Gasteiger partial charge in [0.25, 0.3) is 0 Å². The summed E-state index contributed by atoms with van der Waals surface area (Å²) >= 11 is 6.36. The highest BCUT2D eigenvalue weighted by molar-refractivity contribution is 6.33. The highest BCUT2D eigenvalue weighted by Gasteiger charge is 2.31. The van der Waals surface area contributed by atoms with Crippen LogP contribution in [-0.4, -0.2) is 9.78 Å². The van der Waals surface area contributed by atoms with Crippen LogP contribution in [0.25, 0.3) is 11.1 Å². The number of anilines is 1. The summed E-state index contributed by atoms with van der Waals surface area (Å²) < 4.78 is 1.78. The van der Waals surface area contributed by atoms with Crippen LogP contribution in [0, 0.1) is 5.92 Å². The average molecular weight is 290 g/mol. The van der Waals surface area contributed by atoms with Crippen LogP contribution in [0.4, 0.5) is 5.82 Å². The summed E-state index contributed by atoms with van der Waals surface area (Å²) in [6, 6.07) is 7.87. The van der Waals surface area contributed by atoms with Crippen LogP contribution in [0.3, 0.4) is 0 Å². The van der Waals surface area contributed by atoms with E-state index in [1.54, 1.807) is 4.68 Å². The molecule has 0 radical (unpaired) electrons. The summed E-state index contributed by atoms with van der Waals surface area (Å²) in [4.78, 5) is 0. The fraction of sp³-hybridized carbons (Fsp3) is 0.438. The molecule has 2 aromatic rings. The van der Waals surface area contributed by atoms with E-state index in [2.05, 4.69) is 6.92 Å². The first-order chi connectivity index (χ1) is 9.59. The molecule has 1 aliphatic rings. The third-order valence-corrected chi connectivity index (χ3v) is 4.80. The van der Waals surface area contributed by atoms with Crippen LogP contribution in [0.2, 0.25) is 5.02 Å². The Kier molecular flexibility index (Phi) is 3.47. The van der Waals surface area contributed by atoms with Crippen LogP contribution in [0.1, 0.15) is 37.8 Å². The van der Waals surface area contributed by atoms with Crippen molar-refractivity contribution in [2.45, 2.75) is 32.1 Å². The fourth-order valence-electron chi connectivity index (χ4n) is 3.31. The highest BCUT2D eigenvalue weighted by atomic mass is 35.5. The number of nitrogen functional groups attached to an aromatic ring is 1. The van der Waals surface area contributed by atoms with Gasteiger partial charge in [0.1, 0.15) is 5.82 Å². The number of aryl methyl sites for hydroxylation is 1. The molecule has 1 fully saturated rings. The van der Waals surface area contributed by atoms with Gasteiger partial charge < -0.3 is 5.73 Å². The van der Waals surface area contributed by atoms with Crippen LogP contribution >= 0.6 is 11.6 Å². The number of nitrogens with two attached hydrogens (primary N) is 1.